The molecule has 0 spiro atoms. The third-order valence-corrected chi connectivity index (χ3v) is 4.03. The van der Waals surface area contributed by atoms with E-state index >= 15 is 0 Å². The van der Waals surface area contributed by atoms with Crippen molar-refractivity contribution in [2.45, 2.75) is 6.92 Å². The predicted octanol–water partition coefficient (Wildman–Crippen LogP) is 3.78. The first-order valence-electron chi connectivity index (χ1n) is 6.73. The van der Waals surface area contributed by atoms with Crippen LogP contribution in [0.4, 0.5) is 0 Å². The van der Waals surface area contributed by atoms with E-state index in [-0.39, 0.29) is 5.78 Å². The Balaban J connectivity index is 2.09. The highest BCUT2D eigenvalue weighted by Crippen LogP contribution is 2.07. The molecule has 112 valence electrons. The summed E-state index contributed by atoms with van der Waals surface area (Å²) in [5.74, 6) is -0.336. The van der Waals surface area contributed by atoms with Crippen molar-refractivity contribution in [3.05, 3.63) is 88.2 Å². The first kappa shape index (κ1) is 15.9. The first-order chi connectivity index (χ1) is 10.5. The smallest absolute Gasteiger partial charge is 0.193 e. The van der Waals surface area contributed by atoms with Crippen LogP contribution in [0.5, 0.6) is 0 Å². The molecule has 2 aromatic rings. The Hall–Kier alpha value is -2.46. The maximum atomic E-state index is 11.9. The van der Waals surface area contributed by atoms with Crippen LogP contribution in [0.15, 0.2) is 71.5 Å². The van der Waals surface area contributed by atoms with E-state index in [0.29, 0.717) is 5.56 Å². The number of sulfone groups is 1. The van der Waals surface area contributed by atoms with Gasteiger partial charge in [0.25, 0.3) is 0 Å². The van der Waals surface area contributed by atoms with E-state index in [2.05, 4.69) is 0 Å². The number of carbonyl (C=O) groups excluding carboxylic acids is 1. The van der Waals surface area contributed by atoms with Crippen LogP contribution in [0.2, 0.25) is 0 Å². The summed E-state index contributed by atoms with van der Waals surface area (Å²) in [5, 5.41) is 2.01. The van der Waals surface area contributed by atoms with Gasteiger partial charge in [0.15, 0.2) is 15.6 Å². The van der Waals surface area contributed by atoms with Crippen LogP contribution in [-0.2, 0) is 9.84 Å². The Labute approximate surface area is 130 Å². The van der Waals surface area contributed by atoms with E-state index in [1.165, 1.54) is 6.08 Å². The van der Waals surface area contributed by atoms with Crippen LogP contribution in [0, 0.1) is 6.92 Å². The van der Waals surface area contributed by atoms with Gasteiger partial charge in [0.05, 0.1) is 0 Å². The van der Waals surface area contributed by atoms with Crippen molar-refractivity contribution in [1.29, 1.82) is 0 Å². The lowest BCUT2D eigenvalue weighted by molar-refractivity contribution is 0.104. The second kappa shape index (κ2) is 7.00. The van der Waals surface area contributed by atoms with Crippen LogP contribution < -0.4 is 0 Å². The summed E-state index contributed by atoms with van der Waals surface area (Å²) in [6.07, 6.45) is 2.57. The number of aryl methyl sites for hydroxylation is 1. The standard InChI is InChI=1S/C18H16O3S/c1-15-7-9-17(10-8-15)18(19)12-14-22(20,21)13-11-16-5-3-2-4-6-16/h2-14H,1H3/b13-11+,14-12+. The Morgan fingerprint density at radius 2 is 1.55 bits per heavy atom. The zero-order chi connectivity index (χ0) is 16.0. The molecule has 2 rings (SSSR count). The summed E-state index contributed by atoms with van der Waals surface area (Å²) in [7, 11) is -3.57. The molecule has 0 amide bonds. The van der Waals surface area contributed by atoms with Crippen LogP contribution in [0.3, 0.4) is 0 Å². The van der Waals surface area contributed by atoms with Gasteiger partial charge in [0, 0.05) is 16.4 Å². The van der Waals surface area contributed by atoms with E-state index in [1.807, 2.05) is 37.3 Å². The topological polar surface area (TPSA) is 51.2 Å². The van der Waals surface area contributed by atoms with Crippen molar-refractivity contribution in [2.24, 2.45) is 0 Å². The van der Waals surface area contributed by atoms with Gasteiger partial charge in [-0.2, -0.15) is 0 Å². The fourth-order valence-electron chi connectivity index (χ4n) is 1.75. The predicted molar refractivity (Wildman–Crippen MR) is 89.0 cm³/mol. The average molecular weight is 312 g/mol. The van der Waals surface area contributed by atoms with Gasteiger partial charge in [-0.1, -0.05) is 60.2 Å². The van der Waals surface area contributed by atoms with Crippen LogP contribution in [0.25, 0.3) is 6.08 Å². The number of ketones is 1. The summed E-state index contributed by atoms with van der Waals surface area (Å²) in [6.45, 7) is 1.92. The van der Waals surface area contributed by atoms with Crippen molar-refractivity contribution in [3.8, 4) is 0 Å². The summed E-state index contributed by atoms with van der Waals surface area (Å²) in [5.41, 5.74) is 2.28. The molecule has 0 aliphatic rings. The number of carbonyl (C=O) groups is 1. The maximum Gasteiger partial charge on any atom is 0.193 e. The Morgan fingerprint density at radius 1 is 0.909 bits per heavy atom. The third-order valence-electron chi connectivity index (χ3n) is 2.99. The van der Waals surface area contributed by atoms with E-state index in [9.17, 15) is 13.2 Å². The minimum atomic E-state index is -3.57. The lowest BCUT2D eigenvalue weighted by Crippen LogP contribution is -1.96. The molecule has 0 bridgehead atoms. The molecule has 0 heterocycles. The van der Waals surface area contributed by atoms with Crippen molar-refractivity contribution in [3.63, 3.8) is 0 Å². The molecular formula is C18H16O3S. The van der Waals surface area contributed by atoms with Gasteiger partial charge in [0.2, 0.25) is 0 Å². The molecule has 0 saturated carbocycles. The molecule has 0 aliphatic carbocycles. The Bertz CT molecular complexity index is 799. The van der Waals surface area contributed by atoms with Gasteiger partial charge in [-0.05, 0) is 24.6 Å². The zero-order valence-electron chi connectivity index (χ0n) is 12.1. The van der Waals surface area contributed by atoms with E-state index in [0.717, 1.165) is 28.0 Å². The first-order valence-corrected chi connectivity index (χ1v) is 8.34. The second-order valence-electron chi connectivity index (χ2n) is 4.84. The van der Waals surface area contributed by atoms with Crippen molar-refractivity contribution in [1.82, 2.24) is 0 Å². The number of rotatable bonds is 5. The molecule has 4 heteroatoms. The molecule has 0 aliphatic heterocycles. The Morgan fingerprint density at radius 3 is 2.18 bits per heavy atom. The highest BCUT2D eigenvalue weighted by atomic mass is 32.2. The third kappa shape index (κ3) is 4.82. The van der Waals surface area contributed by atoms with Gasteiger partial charge in [0.1, 0.15) is 0 Å². The summed E-state index contributed by atoms with van der Waals surface area (Å²) in [6, 6.07) is 16.1. The van der Waals surface area contributed by atoms with Gasteiger partial charge < -0.3 is 0 Å². The molecular weight excluding hydrogens is 296 g/mol. The van der Waals surface area contributed by atoms with Gasteiger partial charge in [-0.15, -0.1) is 0 Å². The molecule has 0 unspecified atom stereocenters. The summed E-state index contributed by atoms with van der Waals surface area (Å²) < 4.78 is 23.7. The zero-order valence-corrected chi connectivity index (χ0v) is 13.0. The molecule has 0 aromatic heterocycles. The highest BCUT2D eigenvalue weighted by Gasteiger charge is 2.04. The lowest BCUT2D eigenvalue weighted by atomic mass is 10.1. The van der Waals surface area contributed by atoms with Gasteiger partial charge in [-0.25, -0.2) is 8.42 Å². The van der Waals surface area contributed by atoms with Crippen LogP contribution in [0.1, 0.15) is 21.5 Å². The monoisotopic (exact) mass is 312 g/mol. The number of hydrogen-bond donors (Lipinski definition) is 0. The number of benzene rings is 2. The second-order valence-corrected chi connectivity index (χ2v) is 6.56. The van der Waals surface area contributed by atoms with Crippen LogP contribution >= 0.6 is 0 Å². The SMILES string of the molecule is Cc1ccc(C(=O)/C=C/S(=O)(=O)/C=C/c2ccccc2)cc1. The molecule has 0 N–H and O–H groups in total. The molecule has 0 atom stereocenters. The number of hydrogen-bond acceptors (Lipinski definition) is 3. The molecule has 0 fully saturated rings. The number of allylic oxidation sites excluding steroid dienone is 1. The molecule has 0 radical (unpaired) electrons. The molecule has 22 heavy (non-hydrogen) atoms. The van der Waals surface area contributed by atoms with Gasteiger partial charge in [-0.3, -0.25) is 4.79 Å². The summed E-state index contributed by atoms with van der Waals surface area (Å²) >= 11 is 0. The maximum absolute atomic E-state index is 11.9. The van der Waals surface area contributed by atoms with Gasteiger partial charge >= 0.3 is 0 Å². The normalized spacial score (nSPS) is 12.0. The van der Waals surface area contributed by atoms with E-state index < -0.39 is 9.84 Å². The van der Waals surface area contributed by atoms with E-state index in [4.69, 9.17) is 0 Å². The fourth-order valence-corrected chi connectivity index (χ4v) is 2.50. The van der Waals surface area contributed by atoms with Crippen molar-refractivity contribution in [2.75, 3.05) is 0 Å². The largest absolute Gasteiger partial charge is 0.289 e. The van der Waals surface area contributed by atoms with Crippen LogP contribution in [-0.4, -0.2) is 14.2 Å². The molecule has 2 aromatic carbocycles. The minimum absolute atomic E-state index is 0.336. The van der Waals surface area contributed by atoms with E-state index in [1.54, 1.807) is 24.3 Å². The molecule has 0 saturated heterocycles. The molecule has 3 nitrogen and oxygen atoms in total. The quantitative estimate of drug-likeness (QED) is 0.623. The minimum Gasteiger partial charge on any atom is -0.289 e. The fraction of sp³-hybridized carbons (Fsp3) is 0.0556. The highest BCUT2D eigenvalue weighted by molar-refractivity contribution is 7.97. The summed E-state index contributed by atoms with van der Waals surface area (Å²) in [4.78, 5) is 11.9. The van der Waals surface area contributed by atoms with Crippen molar-refractivity contribution >= 4 is 21.7 Å². The lowest BCUT2D eigenvalue weighted by Gasteiger charge is -1.96. The van der Waals surface area contributed by atoms with Crippen molar-refractivity contribution < 1.29 is 13.2 Å². The Kier molecular flexibility index (Phi) is 5.07. The average Bonchev–Trinajstić information content (AvgIpc) is 2.53.